The van der Waals surface area contributed by atoms with Gasteiger partial charge in [-0.25, -0.2) is 8.42 Å². The molecule has 34 heavy (non-hydrogen) atoms. The molecule has 11 heteroatoms. The van der Waals surface area contributed by atoms with Crippen LogP contribution in [0, 0.1) is 13.8 Å². The van der Waals surface area contributed by atoms with E-state index >= 15 is 0 Å². The predicted molar refractivity (Wildman–Crippen MR) is 131 cm³/mol. The summed E-state index contributed by atoms with van der Waals surface area (Å²) in [5, 5.41) is 2.64. The summed E-state index contributed by atoms with van der Waals surface area (Å²) in [7, 11) is -3.70. The van der Waals surface area contributed by atoms with E-state index in [-0.39, 0.29) is 34.2 Å². The van der Waals surface area contributed by atoms with Crippen molar-refractivity contribution in [2.45, 2.75) is 50.8 Å². The number of aryl methyl sites for hydroxylation is 2. The predicted octanol–water partition coefficient (Wildman–Crippen LogP) is 4.34. The second kappa shape index (κ2) is 11.4. The highest BCUT2D eigenvalue weighted by atomic mass is 35.5. The Bertz CT molecular complexity index is 1190. The molecule has 1 aliphatic heterocycles. The number of carbonyl (C=O) groups excluding carboxylic acids is 3. The minimum absolute atomic E-state index is 0.0142. The molecule has 0 atom stereocenters. The standard InChI is InChI=1S/C23H27ClN2O6S2/c1-15-12-18(16(2)33-15)21(27)8-9-23(29)32-14-22(28)25-20-13-17(6-7-19(20)24)34(30,31)26-10-4-3-5-11-26/h6-7,12-13H,3-5,8-11,14H2,1-2H3,(H,25,28). The van der Waals surface area contributed by atoms with Crippen LogP contribution in [-0.4, -0.2) is 50.1 Å². The lowest BCUT2D eigenvalue weighted by atomic mass is 10.1. The number of piperidine rings is 1. The van der Waals surface area contributed by atoms with Crippen molar-refractivity contribution in [2.24, 2.45) is 0 Å². The van der Waals surface area contributed by atoms with E-state index in [2.05, 4.69) is 5.32 Å². The topological polar surface area (TPSA) is 110 Å². The summed E-state index contributed by atoms with van der Waals surface area (Å²) in [5.74, 6) is -1.50. The molecule has 1 N–H and O–H groups in total. The van der Waals surface area contributed by atoms with Crippen molar-refractivity contribution in [1.29, 1.82) is 0 Å². The molecule has 1 saturated heterocycles. The summed E-state index contributed by atoms with van der Waals surface area (Å²) in [4.78, 5) is 38.5. The van der Waals surface area contributed by atoms with E-state index in [1.165, 1.54) is 33.8 Å². The quantitative estimate of drug-likeness (QED) is 0.384. The van der Waals surface area contributed by atoms with Crippen molar-refractivity contribution in [1.82, 2.24) is 4.31 Å². The van der Waals surface area contributed by atoms with Crippen LogP contribution in [0.3, 0.4) is 0 Å². The molecule has 3 rings (SSSR count). The molecule has 1 fully saturated rings. The Morgan fingerprint density at radius 3 is 2.44 bits per heavy atom. The van der Waals surface area contributed by atoms with Crippen LogP contribution < -0.4 is 5.32 Å². The fraction of sp³-hybridized carbons (Fsp3) is 0.435. The third-order valence-corrected chi connectivity index (χ3v) is 8.62. The van der Waals surface area contributed by atoms with Crippen LogP contribution in [0.15, 0.2) is 29.2 Å². The molecule has 2 heterocycles. The summed E-state index contributed by atoms with van der Waals surface area (Å²) >= 11 is 7.65. The van der Waals surface area contributed by atoms with Gasteiger partial charge < -0.3 is 10.1 Å². The fourth-order valence-electron chi connectivity index (χ4n) is 3.68. The number of halogens is 1. The summed E-state index contributed by atoms with van der Waals surface area (Å²) < 4.78 is 32.1. The Morgan fingerprint density at radius 2 is 1.79 bits per heavy atom. The summed E-state index contributed by atoms with van der Waals surface area (Å²) in [6.07, 6.45) is 2.44. The molecular formula is C23H27ClN2O6S2. The zero-order chi connectivity index (χ0) is 24.9. The molecule has 0 bridgehead atoms. The lowest BCUT2D eigenvalue weighted by molar-refractivity contribution is -0.147. The van der Waals surface area contributed by atoms with Gasteiger partial charge in [0.05, 0.1) is 22.0 Å². The van der Waals surface area contributed by atoms with E-state index in [0.717, 1.165) is 29.0 Å². The van der Waals surface area contributed by atoms with E-state index in [0.29, 0.717) is 18.7 Å². The van der Waals surface area contributed by atoms with Gasteiger partial charge in [-0.05, 0) is 51.0 Å². The van der Waals surface area contributed by atoms with E-state index < -0.39 is 28.5 Å². The number of nitrogens with zero attached hydrogens (tertiary/aromatic N) is 1. The molecular weight excluding hydrogens is 500 g/mol. The fourth-order valence-corrected chi connectivity index (χ4v) is 6.33. The largest absolute Gasteiger partial charge is 0.456 e. The van der Waals surface area contributed by atoms with E-state index in [1.54, 1.807) is 6.07 Å². The minimum Gasteiger partial charge on any atom is -0.456 e. The van der Waals surface area contributed by atoms with Crippen LogP contribution in [0.5, 0.6) is 0 Å². The molecule has 1 aromatic carbocycles. The van der Waals surface area contributed by atoms with Gasteiger partial charge in [0.25, 0.3) is 5.91 Å². The number of thiophene rings is 1. The van der Waals surface area contributed by atoms with Crippen LogP contribution in [0.1, 0.15) is 52.2 Å². The molecule has 0 saturated carbocycles. The molecule has 0 radical (unpaired) electrons. The van der Waals surface area contributed by atoms with Gasteiger partial charge in [0.2, 0.25) is 10.0 Å². The highest BCUT2D eigenvalue weighted by Crippen LogP contribution is 2.28. The second-order valence-electron chi connectivity index (χ2n) is 8.07. The highest BCUT2D eigenvalue weighted by Gasteiger charge is 2.26. The molecule has 2 aromatic rings. The van der Waals surface area contributed by atoms with Crippen molar-refractivity contribution >= 4 is 56.3 Å². The number of rotatable bonds is 9. The highest BCUT2D eigenvalue weighted by molar-refractivity contribution is 7.89. The van der Waals surface area contributed by atoms with Crippen LogP contribution in [0.2, 0.25) is 5.02 Å². The molecule has 0 spiro atoms. The van der Waals surface area contributed by atoms with Crippen molar-refractivity contribution in [3.05, 3.63) is 44.6 Å². The first-order valence-electron chi connectivity index (χ1n) is 10.9. The monoisotopic (exact) mass is 526 g/mol. The van der Waals surface area contributed by atoms with Gasteiger partial charge in [-0.15, -0.1) is 11.3 Å². The van der Waals surface area contributed by atoms with Crippen LogP contribution in [0.4, 0.5) is 5.69 Å². The van der Waals surface area contributed by atoms with Crippen molar-refractivity contribution < 1.29 is 27.5 Å². The molecule has 0 aliphatic carbocycles. The average Bonchev–Trinajstić information content (AvgIpc) is 3.15. The van der Waals surface area contributed by atoms with Crippen molar-refractivity contribution in [3.63, 3.8) is 0 Å². The lowest BCUT2D eigenvalue weighted by Gasteiger charge is -2.26. The number of anilines is 1. The molecule has 1 aromatic heterocycles. The number of hydrogen-bond acceptors (Lipinski definition) is 7. The Morgan fingerprint density at radius 1 is 1.09 bits per heavy atom. The molecule has 1 aliphatic rings. The third-order valence-electron chi connectivity index (χ3n) is 5.43. The van der Waals surface area contributed by atoms with Crippen LogP contribution in [-0.2, 0) is 24.3 Å². The Labute approximate surface area is 208 Å². The molecule has 1 amide bonds. The normalized spacial score (nSPS) is 14.6. The number of esters is 1. The summed E-state index contributed by atoms with van der Waals surface area (Å²) in [6.45, 7) is 4.09. The summed E-state index contributed by atoms with van der Waals surface area (Å²) in [6, 6.07) is 5.90. The van der Waals surface area contributed by atoms with Gasteiger partial charge in [-0.3, -0.25) is 14.4 Å². The smallest absolute Gasteiger partial charge is 0.306 e. The van der Waals surface area contributed by atoms with Crippen molar-refractivity contribution in [2.75, 3.05) is 25.0 Å². The molecule has 184 valence electrons. The van der Waals surface area contributed by atoms with Gasteiger partial charge in [0.15, 0.2) is 12.4 Å². The first-order valence-corrected chi connectivity index (χ1v) is 13.6. The van der Waals surface area contributed by atoms with Gasteiger partial charge >= 0.3 is 5.97 Å². The van der Waals surface area contributed by atoms with Gasteiger partial charge in [0, 0.05) is 34.8 Å². The number of carbonyl (C=O) groups is 3. The number of hydrogen-bond donors (Lipinski definition) is 1. The maximum atomic E-state index is 12.9. The maximum Gasteiger partial charge on any atom is 0.306 e. The SMILES string of the molecule is Cc1cc(C(=O)CCC(=O)OCC(=O)Nc2cc(S(=O)(=O)N3CCCCC3)ccc2Cl)c(C)s1. The van der Waals surface area contributed by atoms with E-state index in [9.17, 15) is 22.8 Å². The second-order valence-corrected chi connectivity index (χ2v) is 11.9. The number of nitrogens with one attached hydrogen (secondary N) is 1. The summed E-state index contributed by atoms with van der Waals surface area (Å²) in [5.41, 5.74) is 0.710. The zero-order valence-electron chi connectivity index (χ0n) is 19.1. The molecule has 8 nitrogen and oxygen atoms in total. The van der Waals surface area contributed by atoms with Gasteiger partial charge in [-0.2, -0.15) is 4.31 Å². The Kier molecular flexibility index (Phi) is 8.86. The number of Topliss-reactive ketones (excluding diaryl/α,β-unsaturated/α-hetero) is 1. The number of ketones is 1. The van der Waals surface area contributed by atoms with E-state index in [1.807, 2.05) is 13.8 Å². The average molecular weight is 527 g/mol. The maximum absolute atomic E-state index is 12.9. The minimum atomic E-state index is -3.70. The molecule has 0 unspecified atom stereocenters. The van der Waals surface area contributed by atoms with Gasteiger partial charge in [-0.1, -0.05) is 18.0 Å². The van der Waals surface area contributed by atoms with Crippen LogP contribution >= 0.6 is 22.9 Å². The Balaban J connectivity index is 1.53. The third kappa shape index (κ3) is 6.65. The first kappa shape index (κ1) is 26.3. The first-order chi connectivity index (χ1) is 16.1. The number of ether oxygens (including phenoxy) is 1. The van der Waals surface area contributed by atoms with E-state index in [4.69, 9.17) is 16.3 Å². The van der Waals surface area contributed by atoms with Crippen molar-refractivity contribution in [3.8, 4) is 0 Å². The zero-order valence-corrected chi connectivity index (χ0v) is 21.4. The number of sulfonamides is 1. The number of amides is 1. The number of benzene rings is 1. The lowest BCUT2D eigenvalue weighted by Crippen LogP contribution is -2.35. The Hall–Kier alpha value is -2.27. The van der Waals surface area contributed by atoms with Gasteiger partial charge in [0.1, 0.15) is 0 Å². The van der Waals surface area contributed by atoms with Crippen LogP contribution in [0.25, 0.3) is 0 Å².